The molecule has 6 nitrogen and oxygen atoms in total. The van der Waals surface area contributed by atoms with Crippen molar-refractivity contribution in [2.24, 2.45) is 0 Å². The number of halogens is 1. The average molecular weight is 454 g/mol. The molecule has 2 atom stereocenters. The number of aromatic nitrogens is 1. The van der Waals surface area contributed by atoms with Gasteiger partial charge in [-0.25, -0.2) is 4.98 Å². The summed E-state index contributed by atoms with van der Waals surface area (Å²) in [4.78, 5) is 19.2. The molecule has 2 aromatic carbocycles. The van der Waals surface area contributed by atoms with E-state index in [9.17, 15) is 4.79 Å². The lowest BCUT2D eigenvalue weighted by molar-refractivity contribution is 0.0853. The van der Waals surface area contributed by atoms with Crippen molar-refractivity contribution in [3.8, 4) is 0 Å². The number of hydrogen-bond acceptors (Lipinski definition) is 5. The van der Waals surface area contributed by atoms with E-state index in [2.05, 4.69) is 40.3 Å². The molecule has 1 aliphatic heterocycles. The van der Waals surface area contributed by atoms with Crippen LogP contribution in [0.25, 0.3) is 0 Å². The summed E-state index contributed by atoms with van der Waals surface area (Å²) in [5, 5.41) is 3.59. The number of hydrogen-bond donors (Lipinski definition) is 1. The highest BCUT2D eigenvalue weighted by atomic mass is 35.5. The van der Waals surface area contributed by atoms with Crippen molar-refractivity contribution in [3.05, 3.63) is 88.6 Å². The maximum atomic E-state index is 12.5. The van der Waals surface area contributed by atoms with E-state index in [1.165, 1.54) is 11.8 Å². The largest absolute Gasteiger partial charge is 0.447 e. The van der Waals surface area contributed by atoms with E-state index < -0.39 is 0 Å². The zero-order valence-corrected chi connectivity index (χ0v) is 18.9. The second-order valence-electron chi connectivity index (χ2n) is 8.09. The summed E-state index contributed by atoms with van der Waals surface area (Å²) in [5.41, 5.74) is 2.57. The smallest absolute Gasteiger partial charge is 0.273 e. The molecule has 0 bridgehead atoms. The molecule has 1 N–H and O–H groups in total. The molecule has 3 aromatic rings. The second-order valence-corrected chi connectivity index (χ2v) is 8.53. The van der Waals surface area contributed by atoms with Gasteiger partial charge in [-0.3, -0.25) is 9.69 Å². The summed E-state index contributed by atoms with van der Waals surface area (Å²) < 4.78 is 11.2. The first-order chi connectivity index (χ1) is 15.6. The van der Waals surface area contributed by atoms with E-state index in [4.69, 9.17) is 20.8 Å². The van der Waals surface area contributed by atoms with Crippen molar-refractivity contribution in [2.45, 2.75) is 45.0 Å². The molecule has 1 saturated heterocycles. The Kier molecular flexibility index (Phi) is 7.58. The Morgan fingerprint density at radius 1 is 1.22 bits per heavy atom. The Labute approximate surface area is 193 Å². The lowest BCUT2D eigenvalue weighted by Gasteiger charge is -2.28. The van der Waals surface area contributed by atoms with Crippen LogP contribution in [-0.2, 0) is 17.8 Å². The van der Waals surface area contributed by atoms with Crippen molar-refractivity contribution >= 4 is 17.5 Å². The number of ether oxygens (including phenoxy) is 1. The summed E-state index contributed by atoms with van der Waals surface area (Å²) in [7, 11) is 0. The number of nitrogens with zero attached hydrogens (tertiary/aromatic N) is 2. The molecule has 1 aliphatic rings. The fraction of sp³-hybridized carbons (Fsp3) is 0.360. The molecule has 32 heavy (non-hydrogen) atoms. The van der Waals surface area contributed by atoms with Crippen LogP contribution in [-0.4, -0.2) is 35.0 Å². The normalized spacial score (nSPS) is 16.9. The van der Waals surface area contributed by atoms with Gasteiger partial charge in [0, 0.05) is 30.8 Å². The Bertz CT molecular complexity index is 1020. The predicted molar refractivity (Wildman–Crippen MR) is 123 cm³/mol. The first-order valence-electron chi connectivity index (χ1n) is 11.0. The van der Waals surface area contributed by atoms with Gasteiger partial charge >= 0.3 is 0 Å². The molecular formula is C25H28ClN3O3. The molecule has 7 heteroatoms. The zero-order valence-electron chi connectivity index (χ0n) is 18.2. The fourth-order valence-electron chi connectivity index (χ4n) is 3.91. The summed E-state index contributed by atoms with van der Waals surface area (Å²) in [5.74, 6) is 0.255. The molecule has 0 radical (unpaired) electrons. The molecular weight excluding hydrogens is 426 g/mol. The van der Waals surface area contributed by atoms with Gasteiger partial charge in [0.15, 0.2) is 5.69 Å². The van der Waals surface area contributed by atoms with Crippen LogP contribution in [0.4, 0.5) is 0 Å². The van der Waals surface area contributed by atoms with Crippen LogP contribution in [0, 0.1) is 0 Å². The second kappa shape index (κ2) is 10.8. The lowest BCUT2D eigenvalue weighted by Crippen LogP contribution is -2.32. The minimum atomic E-state index is -0.243. The highest BCUT2D eigenvalue weighted by Gasteiger charge is 2.22. The Balaban J connectivity index is 1.46. The number of benzene rings is 2. The van der Waals surface area contributed by atoms with Crippen LogP contribution in [0.15, 0.2) is 65.3 Å². The first-order valence-corrected chi connectivity index (χ1v) is 11.3. The van der Waals surface area contributed by atoms with Gasteiger partial charge in [0.25, 0.3) is 5.91 Å². The average Bonchev–Trinajstić information content (AvgIpc) is 3.49. The summed E-state index contributed by atoms with van der Waals surface area (Å²) in [6, 6.07) is 18.2. The standard InChI is InChI=1S/C25H28ClN3O3/c1-18(20-8-3-2-4-9-20)29(15-19-7-5-10-21(26)13-19)16-24-28-23(17-32-24)25(30)27-14-22-11-6-12-31-22/h2-5,7-10,13,17-18,22H,6,11-12,14-16H2,1H3,(H,27,30). The summed E-state index contributed by atoms with van der Waals surface area (Å²) >= 11 is 6.20. The van der Waals surface area contributed by atoms with Crippen LogP contribution in [0.2, 0.25) is 5.02 Å². The quantitative estimate of drug-likeness (QED) is 0.493. The van der Waals surface area contributed by atoms with E-state index in [0.717, 1.165) is 25.0 Å². The minimum Gasteiger partial charge on any atom is -0.447 e. The molecule has 0 saturated carbocycles. The van der Waals surface area contributed by atoms with Gasteiger partial charge in [0.05, 0.1) is 12.6 Å². The highest BCUT2D eigenvalue weighted by molar-refractivity contribution is 6.30. The number of carbonyl (C=O) groups is 1. The highest BCUT2D eigenvalue weighted by Crippen LogP contribution is 2.25. The summed E-state index contributed by atoms with van der Waals surface area (Å²) in [6.45, 7) is 4.53. The third kappa shape index (κ3) is 5.97. The van der Waals surface area contributed by atoms with Gasteiger partial charge in [-0.15, -0.1) is 0 Å². The van der Waals surface area contributed by atoms with Crippen molar-refractivity contribution < 1.29 is 13.9 Å². The third-order valence-electron chi connectivity index (χ3n) is 5.74. The molecule has 168 valence electrons. The van der Waals surface area contributed by atoms with E-state index in [0.29, 0.717) is 30.5 Å². The van der Waals surface area contributed by atoms with Gasteiger partial charge in [-0.05, 0) is 43.0 Å². The zero-order chi connectivity index (χ0) is 22.3. The van der Waals surface area contributed by atoms with Gasteiger partial charge in [0.2, 0.25) is 5.89 Å². The Morgan fingerprint density at radius 3 is 2.81 bits per heavy atom. The lowest BCUT2D eigenvalue weighted by atomic mass is 10.1. The fourth-order valence-corrected chi connectivity index (χ4v) is 4.12. The maximum Gasteiger partial charge on any atom is 0.273 e. The van der Waals surface area contributed by atoms with E-state index >= 15 is 0 Å². The predicted octanol–water partition coefficient (Wildman–Crippen LogP) is 5.00. The van der Waals surface area contributed by atoms with Gasteiger partial charge in [-0.1, -0.05) is 54.1 Å². The molecule has 2 heterocycles. The van der Waals surface area contributed by atoms with Crippen molar-refractivity contribution in [3.63, 3.8) is 0 Å². The summed E-state index contributed by atoms with van der Waals surface area (Å²) in [6.07, 6.45) is 3.52. The van der Waals surface area contributed by atoms with E-state index in [1.54, 1.807) is 0 Å². The number of rotatable bonds is 9. The van der Waals surface area contributed by atoms with Crippen molar-refractivity contribution in [1.29, 1.82) is 0 Å². The first kappa shape index (κ1) is 22.5. The maximum absolute atomic E-state index is 12.5. The third-order valence-corrected chi connectivity index (χ3v) is 5.98. The van der Waals surface area contributed by atoms with Crippen LogP contribution in [0.1, 0.15) is 53.3 Å². The molecule has 0 spiro atoms. The number of carbonyl (C=O) groups excluding carboxylic acids is 1. The molecule has 1 fully saturated rings. The van der Waals surface area contributed by atoms with Gasteiger partial charge < -0.3 is 14.5 Å². The number of amides is 1. The van der Waals surface area contributed by atoms with Gasteiger partial charge in [-0.2, -0.15) is 0 Å². The van der Waals surface area contributed by atoms with Crippen molar-refractivity contribution in [1.82, 2.24) is 15.2 Å². The molecule has 2 unspecified atom stereocenters. The van der Waals surface area contributed by atoms with E-state index in [-0.39, 0.29) is 23.7 Å². The van der Waals surface area contributed by atoms with Crippen LogP contribution < -0.4 is 5.32 Å². The molecule has 0 aliphatic carbocycles. The number of oxazole rings is 1. The van der Waals surface area contributed by atoms with Gasteiger partial charge in [0.1, 0.15) is 6.26 Å². The van der Waals surface area contributed by atoms with Crippen LogP contribution in [0.5, 0.6) is 0 Å². The monoisotopic (exact) mass is 453 g/mol. The molecule has 4 rings (SSSR count). The van der Waals surface area contributed by atoms with Crippen LogP contribution >= 0.6 is 11.6 Å². The van der Waals surface area contributed by atoms with E-state index in [1.807, 2.05) is 36.4 Å². The minimum absolute atomic E-state index is 0.0882. The SMILES string of the molecule is CC(c1ccccc1)N(Cc1cccc(Cl)c1)Cc1nc(C(=O)NCC2CCCO2)co1. The Morgan fingerprint density at radius 2 is 2.06 bits per heavy atom. The van der Waals surface area contributed by atoms with Crippen LogP contribution in [0.3, 0.4) is 0 Å². The Hall–Kier alpha value is -2.67. The number of nitrogens with one attached hydrogen (secondary N) is 1. The van der Waals surface area contributed by atoms with Crippen molar-refractivity contribution in [2.75, 3.05) is 13.2 Å². The topological polar surface area (TPSA) is 67.6 Å². The molecule has 1 amide bonds. The molecule has 1 aromatic heterocycles.